The monoisotopic (exact) mass is 1210 g/mol. The number of nitrogens with zero attached hydrogens (tertiary/aromatic N) is 14. The predicted octanol–water partition coefficient (Wildman–Crippen LogP) is 5.56. The van der Waals surface area contributed by atoms with Gasteiger partial charge in [0, 0.05) is 85.6 Å². The number of nitrogens with one attached hydrogen (secondary N) is 5. The number of aliphatic imine (C=N–C) groups is 2. The zero-order valence-corrected chi connectivity index (χ0v) is 56.7. The Morgan fingerprint density at radius 3 is 1.07 bits per heavy atom. The van der Waals surface area contributed by atoms with E-state index in [1.54, 1.807) is 44.9 Å². The van der Waals surface area contributed by atoms with Crippen LogP contribution >= 0.6 is 0 Å². The number of aromatic amines is 4. The van der Waals surface area contributed by atoms with Crippen LogP contribution in [-0.2, 0) is 77.4 Å². The Hall–Kier alpha value is -8.21. The molecule has 30 nitrogen and oxygen atoms in total. The van der Waals surface area contributed by atoms with Crippen molar-refractivity contribution in [1.29, 1.82) is 0 Å². The molecule has 484 valence electrons. The van der Waals surface area contributed by atoms with Crippen molar-refractivity contribution in [2.24, 2.45) is 56.1 Å². The van der Waals surface area contributed by atoms with E-state index in [-0.39, 0.29) is 66.3 Å². The lowest BCUT2D eigenvalue weighted by molar-refractivity contribution is -0.117. The summed E-state index contributed by atoms with van der Waals surface area (Å²) >= 11 is 0. The number of carbonyl (C=O) groups excluding carboxylic acids is 1. The van der Waals surface area contributed by atoms with Crippen LogP contribution < -0.4 is 39.7 Å². The van der Waals surface area contributed by atoms with Gasteiger partial charge in [0.05, 0.1) is 0 Å². The topological polar surface area (TPSA) is 373 Å². The molecule has 5 N–H and O–H groups in total. The molecule has 0 fully saturated rings. The molecule has 86 heavy (non-hydrogen) atoms. The van der Waals surface area contributed by atoms with E-state index < -0.39 is 17.3 Å². The molecular formula is C56H99N19O11. The van der Waals surface area contributed by atoms with Gasteiger partial charge < -0.3 is 10.2 Å². The van der Waals surface area contributed by atoms with Gasteiger partial charge >= 0.3 is 34.3 Å². The Labute approximate surface area is 502 Å². The number of amidine groups is 2. The Morgan fingerprint density at radius 1 is 0.453 bits per heavy atom. The zero-order valence-electron chi connectivity index (χ0n) is 56.7. The van der Waals surface area contributed by atoms with E-state index in [1.807, 2.05) is 152 Å². The molecule has 0 radical (unpaired) electrons. The minimum atomic E-state index is -0.495. The molecule has 0 saturated carbocycles. The molecule has 2 aliphatic heterocycles. The largest absolute Gasteiger partial charge is 0.441 e. The summed E-state index contributed by atoms with van der Waals surface area (Å²) in [5.74, 6) is 4.95. The van der Waals surface area contributed by atoms with E-state index in [1.165, 1.54) is 18.5 Å². The number of rotatable bonds is 0. The summed E-state index contributed by atoms with van der Waals surface area (Å²) in [6, 6.07) is 0. The second-order valence-corrected chi connectivity index (χ2v) is 28.5. The van der Waals surface area contributed by atoms with Crippen molar-refractivity contribution < 1.29 is 23.2 Å². The number of H-pyrrole nitrogens is 4. The highest BCUT2D eigenvalue weighted by Crippen LogP contribution is 2.25. The summed E-state index contributed by atoms with van der Waals surface area (Å²) in [5, 5.41) is 29.6. The third kappa shape index (κ3) is 24.0. The number of carbonyl (C=O) groups is 1. The second-order valence-electron chi connectivity index (χ2n) is 28.5. The maximum Gasteiger partial charge on any atom is 0.441 e. The van der Waals surface area contributed by atoms with Crippen molar-refractivity contribution in [2.45, 2.75) is 199 Å². The van der Waals surface area contributed by atoms with Crippen LogP contribution in [-0.4, -0.2) is 110 Å². The van der Waals surface area contributed by atoms with Crippen LogP contribution in [0, 0.1) is 10.8 Å². The van der Waals surface area contributed by atoms with Gasteiger partial charge in [-0.1, -0.05) is 182 Å². The van der Waals surface area contributed by atoms with Crippen molar-refractivity contribution in [3.05, 3.63) is 111 Å². The van der Waals surface area contributed by atoms with Crippen LogP contribution in [0.2, 0.25) is 0 Å². The standard InChI is InChI=1S/C8H15N3O.C8H14N2O.2C7H13N3O.C7H12N2O2.C7H12N2O.2C6H10N2O2/c1-8(2,3)6-9-11(5)7(12)10(6)4;1-6-9-7(8(2,3)4)10(5)11-6;1-7(2,3)5-8-9-6(11)10(5)4;1-7(2,3)5-8-6(11)10(4)9-5;1-7(2,3)5-8-11-6(10)9(5)4;1-7(2,3)6-8-4-5(10)9-6;2*1-6(2,3)4-7-5(9)10-8-4/h1-5H3;1H2,2-5H3;1-4H3,(H,9,11);1-4H3,(H,8,9,11);1-4H3;4H2,1-3H3,(H,8,9,10);2*1-3H3,(H,7,8,9). The fourth-order valence-electron chi connectivity index (χ4n) is 6.85. The second kappa shape index (κ2) is 28.8. The van der Waals surface area contributed by atoms with Crippen molar-refractivity contribution in [3.8, 4) is 0 Å². The third-order valence-corrected chi connectivity index (χ3v) is 11.4. The predicted molar refractivity (Wildman–Crippen MR) is 329 cm³/mol. The number of hydrogen-bond acceptors (Lipinski definition) is 20. The van der Waals surface area contributed by atoms with Crippen LogP contribution in [0.1, 0.15) is 201 Å². The molecule has 1 amide bonds. The van der Waals surface area contributed by atoms with Crippen LogP contribution in [0.15, 0.2) is 64.8 Å². The van der Waals surface area contributed by atoms with Crippen LogP contribution in [0.4, 0.5) is 0 Å². The van der Waals surface area contributed by atoms with Crippen LogP contribution in [0.5, 0.6) is 0 Å². The first-order chi connectivity index (χ1) is 38.5. The molecule has 0 atom stereocenters. The summed E-state index contributed by atoms with van der Waals surface area (Å²) in [6.45, 7) is 52.0. The first-order valence-electron chi connectivity index (χ1n) is 27.6. The number of aromatic nitrogens is 15. The molecule has 6 aromatic rings. The highest BCUT2D eigenvalue weighted by Gasteiger charge is 2.30. The lowest BCUT2D eigenvalue weighted by Gasteiger charge is -2.22. The maximum absolute atomic E-state index is 11.3. The van der Waals surface area contributed by atoms with Gasteiger partial charge in [0.2, 0.25) is 11.8 Å². The van der Waals surface area contributed by atoms with Gasteiger partial charge in [0.25, 0.3) is 0 Å². The SMILES string of the molecule is C=C1N=C(C(C)(C)C)N(C)O1.CC(C)(C)C1=NCC(=O)N1.CC(C)(C)c1noc(=O)[nH]1.CC(C)(C)c1noc(=O)[nH]1.Cn1c(C(C)(C)C)n[nH]c1=O.Cn1c(C(C)(C)C)noc1=O.Cn1nc(C(C)(C)C)[nH]c1=O.Cn1nc(C(C)(C)C)n(C)c1=O. The number of hydrogen-bond donors (Lipinski definition) is 5. The van der Waals surface area contributed by atoms with Crippen molar-refractivity contribution in [1.82, 2.24) is 84.3 Å². The first kappa shape index (κ1) is 75.8. The normalized spacial score (nSPS) is 13.6. The number of hydroxylamine groups is 2. The molecule has 0 bridgehead atoms. The quantitative estimate of drug-likeness (QED) is 0.124. The fourth-order valence-corrected chi connectivity index (χ4v) is 6.85. The molecule has 0 spiro atoms. The Kier molecular flexibility index (Phi) is 25.4. The fraction of sp³-hybridized carbons (Fsp3) is 0.696. The van der Waals surface area contributed by atoms with E-state index in [0.717, 1.165) is 29.1 Å². The van der Waals surface area contributed by atoms with Crippen molar-refractivity contribution >= 4 is 17.6 Å². The Morgan fingerprint density at radius 2 is 0.907 bits per heavy atom. The van der Waals surface area contributed by atoms with Gasteiger partial charge in [0.15, 0.2) is 17.5 Å². The van der Waals surface area contributed by atoms with E-state index in [0.29, 0.717) is 29.9 Å². The highest BCUT2D eigenvalue weighted by atomic mass is 16.7. The Bertz CT molecular complexity index is 3460. The zero-order chi connectivity index (χ0) is 67.4. The van der Waals surface area contributed by atoms with Gasteiger partial charge in [-0.25, -0.2) is 43.2 Å². The van der Waals surface area contributed by atoms with E-state index in [2.05, 4.69) is 107 Å². The number of amides is 1. The molecular weight excluding hydrogens is 1110 g/mol. The average Bonchev–Trinajstić information content (AvgIpc) is 2.81. The number of aryl methyl sites for hydroxylation is 2. The van der Waals surface area contributed by atoms with Gasteiger partial charge in [-0.05, 0) is 6.58 Å². The molecule has 0 aromatic carbocycles. The summed E-state index contributed by atoms with van der Waals surface area (Å²) in [7, 11) is 10.2. The van der Waals surface area contributed by atoms with Crippen LogP contribution in [0.3, 0.4) is 0 Å². The third-order valence-electron chi connectivity index (χ3n) is 11.4. The molecule has 0 saturated heterocycles. The minimum absolute atomic E-state index is 0.00456. The minimum Gasteiger partial charge on any atom is -0.359 e. The molecule has 8 rings (SSSR count). The van der Waals surface area contributed by atoms with Gasteiger partial charge in [-0.3, -0.25) is 52.0 Å². The molecule has 6 aromatic heterocycles. The highest BCUT2D eigenvalue weighted by molar-refractivity contribution is 6.06. The summed E-state index contributed by atoms with van der Waals surface area (Å²) in [6.07, 6.45) is 0. The molecule has 0 aliphatic carbocycles. The Balaban J connectivity index is 0.000000492. The van der Waals surface area contributed by atoms with Crippen LogP contribution in [0.25, 0.3) is 0 Å². The first-order valence-corrected chi connectivity index (χ1v) is 27.6. The van der Waals surface area contributed by atoms with Gasteiger partial charge in [-0.15, -0.1) is 0 Å². The molecule has 2 aliphatic rings. The van der Waals surface area contributed by atoms with Crippen molar-refractivity contribution in [3.63, 3.8) is 0 Å². The summed E-state index contributed by atoms with van der Waals surface area (Å²) in [5.41, 5.74) is -1.05. The molecule has 8 heterocycles. The summed E-state index contributed by atoms with van der Waals surface area (Å²) < 4.78 is 20.3. The van der Waals surface area contributed by atoms with Gasteiger partial charge in [0.1, 0.15) is 35.7 Å². The summed E-state index contributed by atoms with van der Waals surface area (Å²) in [4.78, 5) is 96.6. The van der Waals surface area contributed by atoms with E-state index in [9.17, 15) is 33.6 Å². The lowest BCUT2D eigenvalue weighted by Crippen LogP contribution is -2.34. The van der Waals surface area contributed by atoms with E-state index >= 15 is 0 Å². The smallest absolute Gasteiger partial charge is 0.359 e. The molecule has 30 heteroatoms. The lowest BCUT2D eigenvalue weighted by atomic mass is 9.95. The van der Waals surface area contributed by atoms with Gasteiger partial charge in [-0.2, -0.15) is 25.4 Å². The van der Waals surface area contributed by atoms with Crippen molar-refractivity contribution in [2.75, 3.05) is 13.6 Å². The molecule has 0 unspecified atom stereocenters. The van der Waals surface area contributed by atoms with E-state index in [4.69, 9.17) is 4.84 Å². The maximum atomic E-state index is 11.3. The average molecular weight is 1210 g/mol.